The van der Waals surface area contributed by atoms with Crippen molar-refractivity contribution in [1.29, 1.82) is 0 Å². The standard InChI is InChI=1S/C13H9FN4S2/c14-10-5-2-1-4-9(10)8-15-18-12(16-17-13(18)19)11-6-3-7-20-11/h1-8H,(H,17,19). The molecule has 0 atom stereocenters. The van der Waals surface area contributed by atoms with Crippen molar-refractivity contribution >= 4 is 29.8 Å². The SMILES string of the molecule is Fc1ccccc1C=Nn1c(-c2cccs2)n[nH]c1=S. The third-order valence-corrected chi connectivity index (χ3v) is 3.74. The molecule has 0 bridgehead atoms. The van der Waals surface area contributed by atoms with E-state index in [1.54, 1.807) is 18.2 Å². The number of hydrogen-bond acceptors (Lipinski definition) is 4. The summed E-state index contributed by atoms with van der Waals surface area (Å²) in [5.41, 5.74) is 0.396. The molecule has 0 saturated carbocycles. The first-order valence-electron chi connectivity index (χ1n) is 5.76. The minimum atomic E-state index is -0.330. The minimum absolute atomic E-state index is 0.330. The maximum absolute atomic E-state index is 13.5. The molecule has 100 valence electrons. The van der Waals surface area contributed by atoms with Gasteiger partial charge in [0.05, 0.1) is 11.1 Å². The Balaban J connectivity index is 2.02. The maximum atomic E-state index is 13.5. The molecule has 0 spiro atoms. The quantitative estimate of drug-likeness (QED) is 0.592. The molecule has 0 aliphatic heterocycles. The zero-order chi connectivity index (χ0) is 13.9. The molecule has 0 saturated heterocycles. The van der Waals surface area contributed by atoms with Gasteiger partial charge in [-0.2, -0.15) is 14.9 Å². The van der Waals surface area contributed by atoms with Crippen LogP contribution in [0.4, 0.5) is 4.39 Å². The van der Waals surface area contributed by atoms with Crippen molar-refractivity contribution < 1.29 is 4.39 Å². The van der Waals surface area contributed by atoms with Crippen molar-refractivity contribution in [3.8, 4) is 10.7 Å². The number of aromatic nitrogens is 3. The van der Waals surface area contributed by atoms with Gasteiger partial charge in [-0.1, -0.05) is 24.3 Å². The Hall–Kier alpha value is -2.12. The minimum Gasteiger partial charge on any atom is -0.250 e. The molecule has 3 rings (SSSR count). The van der Waals surface area contributed by atoms with E-state index in [0.29, 0.717) is 16.2 Å². The number of aromatic amines is 1. The van der Waals surface area contributed by atoms with Crippen LogP contribution in [0.1, 0.15) is 5.56 Å². The van der Waals surface area contributed by atoms with Crippen LogP contribution in [0.2, 0.25) is 0 Å². The molecule has 1 aromatic carbocycles. The molecule has 0 unspecified atom stereocenters. The van der Waals surface area contributed by atoms with Crippen LogP contribution in [0.25, 0.3) is 10.7 Å². The molecule has 2 heterocycles. The molecule has 4 nitrogen and oxygen atoms in total. The summed E-state index contributed by atoms with van der Waals surface area (Å²) in [4.78, 5) is 0.933. The summed E-state index contributed by atoms with van der Waals surface area (Å²) in [7, 11) is 0. The van der Waals surface area contributed by atoms with Crippen LogP contribution < -0.4 is 0 Å². The monoisotopic (exact) mass is 304 g/mol. The van der Waals surface area contributed by atoms with Crippen molar-refractivity contribution in [3.63, 3.8) is 0 Å². The van der Waals surface area contributed by atoms with E-state index in [1.165, 1.54) is 28.3 Å². The molecule has 7 heteroatoms. The lowest BCUT2D eigenvalue weighted by Crippen LogP contribution is -1.95. The van der Waals surface area contributed by atoms with Gasteiger partial charge in [0.2, 0.25) is 4.77 Å². The van der Waals surface area contributed by atoms with E-state index in [4.69, 9.17) is 12.2 Å². The Kier molecular flexibility index (Phi) is 3.53. The van der Waals surface area contributed by atoms with Crippen LogP contribution in [-0.4, -0.2) is 21.1 Å². The molecule has 0 amide bonds. The zero-order valence-corrected chi connectivity index (χ0v) is 11.8. The highest BCUT2D eigenvalue weighted by atomic mass is 32.1. The van der Waals surface area contributed by atoms with E-state index in [-0.39, 0.29) is 5.82 Å². The number of halogens is 1. The summed E-state index contributed by atoms with van der Waals surface area (Å²) in [6.45, 7) is 0. The fourth-order valence-corrected chi connectivity index (χ4v) is 2.54. The lowest BCUT2D eigenvalue weighted by molar-refractivity contribution is 0.625. The molecule has 0 fully saturated rings. The highest BCUT2D eigenvalue weighted by molar-refractivity contribution is 7.71. The van der Waals surface area contributed by atoms with Crippen LogP contribution in [0.15, 0.2) is 46.9 Å². The summed E-state index contributed by atoms with van der Waals surface area (Å²) in [6, 6.07) is 10.3. The fraction of sp³-hybridized carbons (Fsp3) is 0. The van der Waals surface area contributed by atoms with Gasteiger partial charge in [-0.25, -0.2) is 9.49 Å². The number of nitrogens with one attached hydrogen (secondary N) is 1. The molecule has 1 N–H and O–H groups in total. The van der Waals surface area contributed by atoms with E-state index in [2.05, 4.69) is 15.3 Å². The molecule has 20 heavy (non-hydrogen) atoms. The molecule has 0 radical (unpaired) electrons. The van der Waals surface area contributed by atoms with Gasteiger partial charge >= 0.3 is 0 Å². The second kappa shape index (κ2) is 5.48. The summed E-state index contributed by atoms with van der Waals surface area (Å²) >= 11 is 6.67. The zero-order valence-electron chi connectivity index (χ0n) is 10.2. The van der Waals surface area contributed by atoms with Gasteiger partial charge in [0.25, 0.3) is 0 Å². The van der Waals surface area contributed by atoms with E-state index in [0.717, 1.165) is 4.88 Å². The summed E-state index contributed by atoms with van der Waals surface area (Å²) in [5, 5.41) is 13.0. The lowest BCUT2D eigenvalue weighted by Gasteiger charge is -1.98. The summed E-state index contributed by atoms with van der Waals surface area (Å²) < 4.78 is 15.4. The van der Waals surface area contributed by atoms with Crippen LogP contribution in [0, 0.1) is 10.6 Å². The Bertz CT molecular complexity index is 802. The summed E-state index contributed by atoms with van der Waals surface area (Å²) in [5.74, 6) is 0.279. The number of thiophene rings is 1. The highest BCUT2D eigenvalue weighted by Crippen LogP contribution is 2.22. The van der Waals surface area contributed by atoms with Crippen molar-refractivity contribution in [2.24, 2.45) is 5.10 Å². The van der Waals surface area contributed by atoms with Gasteiger partial charge in [-0.3, -0.25) is 0 Å². The van der Waals surface area contributed by atoms with Crippen LogP contribution in [-0.2, 0) is 0 Å². The number of nitrogens with zero attached hydrogens (tertiary/aromatic N) is 3. The van der Waals surface area contributed by atoms with Crippen molar-refractivity contribution in [1.82, 2.24) is 14.9 Å². The Morgan fingerprint density at radius 1 is 1.30 bits per heavy atom. The number of rotatable bonds is 3. The van der Waals surface area contributed by atoms with Gasteiger partial charge in [-0.05, 0) is 29.7 Å². The second-order valence-electron chi connectivity index (χ2n) is 3.91. The number of hydrogen-bond donors (Lipinski definition) is 1. The molecule has 0 aliphatic carbocycles. The number of H-pyrrole nitrogens is 1. The van der Waals surface area contributed by atoms with Gasteiger partial charge < -0.3 is 0 Å². The largest absolute Gasteiger partial charge is 0.250 e. The molecule has 0 aliphatic rings. The third kappa shape index (κ3) is 2.45. The van der Waals surface area contributed by atoms with Crippen molar-refractivity contribution in [3.05, 3.63) is 57.9 Å². The van der Waals surface area contributed by atoms with Gasteiger partial charge in [0.15, 0.2) is 5.82 Å². The Labute approximate surface area is 123 Å². The van der Waals surface area contributed by atoms with Gasteiger partial charge in [-0.15, -0.1) is 11.3 Å². The third-order valence-electron chi connectivity index (χ3n) is 2.61. The Morgan fingerprint density at radius 3 is 2.90 bits per heavy atom. The fourth-order valence-electron chi connectivity index (χ4n) is 1.66. The van der Waals surface area contributed by atoms with E-state index in [9.17, 15) is 4.39 Å². The highest BCUT2D eigenvalue weighted by Gasteiger charge is 2.08. The normalized spacial score (nSPS) is 11.2. The first kappa shape index (κ1) is 12.9. The van der Waals surface area contributed by atoms with Crippen molar-refractivity contribution in [2.75, 3.05) is 0 Å². The second-order valence-corrected chi connectivity index (χ2v) is 5.24. The first-order chi connectivity index (χ1) is 9.75. The molecular formula is C13H9FN4S2. The van der Waals surface area contributed by atoms with E-state index < -0.39 is 0 Å². The lowest BCUT2D eigenvalue weighted by atomic mass is 10.2. The predicted molar refractivity (Wildman–Crippen MR) is 80.1 cm³/mol. The summed E-state index contributed by atoms with van der Waals surface area (Å²) in [6.07, 6.45) is 1.43. The predicted octanol–water partition coefficient (Wildman–Crippen LogP) is 3.69. The van der Waals surface area contributed by atoms with Crippen LogP contribution in [0.3, 0.4) is 0 Å². The Morgan fingerprint density at radius 2 is 2.15 bits per heavy atom. The average molecular weight is 304 g/mol. The average Bonchev–Trinajstić information content (AvgIpc) is 3.08. The number of benzene rings is 1. The van der Waals surface area contributed by atoms with Crippen LogP contribution >= 0.6 is 23.6 Å². The topological polar surface area (TPSA) is 46.0 Å². The van der Waals surface area contributed by atoms with Crippen LogP contribution in [0.5, 0.6) is 0 Å². The van der Waals surface area contributed by atoms with E-state index >= 15 is 0 Å². The molecule has 2 aromatic heterocycles. The van der Waals surface area contributed by atoms with Gasteiger partial charge in [0, 0.05) is 5.56 Å². The molecule has 3 aromatic rings. The van der Waals surface area contributed by atoms with Crippen molar-refractivity contribution in [2.45, 2.75) is 0 Å². The van der Waals surface area contributed by atoms with Gasteiger partial charge in [0.1, 0.15) is 5.82 Å². The van der Waals surface area contributed by atoms with E-state index in [1.807, 2.05) is 17.5 Å². The first-order valence-corrected chi connectivity index (χ1v) is 7.04. The molecular weight excluding hydrogens is 295 g/mol. The smallest absolute Gasteiger partial charge is 0.216 e. The maximum Gasteiger partial charge on any atom is 0.216 e.